The molecule has 0 radical (unpaired) electrons. The predicted molar refractivity (Wildman–Crippen MR) is 106 cm³/mol. The van der Waals surface area contributed by atoms with E-state index in [-0.39, 0.29) is 5.92 Å². The van der Waals surface area contributed by atoms with Gasteiger partial charge in [0.1, 0.15) is 12.4 Å². The minimum absolute atomic E-state index is 0.358. The molecule has 0 saturated heterocycles. The standard InChI is InChI=1S/C24H22O3/c1-15-5-3-6-16(2)23(15)18-8-4-7-17(11-18)14-27-20-9-10-21-19(12-20)13-22(21)24(25)26/h3-12,22H,13-14H2,1-2H3,(H,25,26). The molecule has 3 nitrogen and oxygen atoms in total. The molecule has 1 aliphatic rings. The van der Waals surface area contributed by atoms with Crippen LogP contribution in [0.3, 0.4) is 0 Å². The number of hydrogen-bond donors (Lipinski definition) is 1. The van der Waals surface area contributed by atoms with Gasteiger partial charge in [0.05, 0.1) is 5.92 Å². The summed E-state index contributed by atoms with van der Waals surface area (Å²) in [5.74, 6) is -0.322. The summed E-state index contributed by atoms with van der Waals surface area (Å²) in [5, 5.41) is 9.13. The number of carboxylic acid groups (broad SMARTS) is 1. The number of carbonyl (C=O) groups is 1. The van der Waals surface area contributed by atoms with E-state index in [4.69, 9.17) is 9.84 Å². The van der Waals surface area contributed by atoms with Gasteiger partial charge < -0.3 is 9.84 Å². The minimum Gasteiger partial charge on any atom is -0.489 e. The zero-order chi connectivity index (χ0) is 19.0. The van der Waals surface area contributed by atoms with Crippen LogP contribution in [0.4, 0.5) is 0 Å². The third kappa shape index (κ3) is 3.33. The Hall–Kier alpha value is -3.07. The molecule has 1 atom stereocenters. The highest BCUT2D eigenvalue weighted by atomic mass is 16.5. The number of fused-ring (bicyclic) bond motifs is 1. The molecule has 0 fully saturated rings. The van der Waals surface area contributed by atoms with E-state index in [0.717, 1.165) is 22.4 Å². The zero-order valence-corrected chi connectivity index (χ0v) is 15.5. The molecule has 136 valence electrons. The average molecular weight is 358 g/mol. The second kappa shape index (κ2) is 6.92. The molecule has 4 rings (SSSR count). The fourth-order valence-corrected chi connectivity index (χ4v) is 3.86. The van der Waals surface area contributed by atoms with E-state index < -0.39 is 5.97 Å². The molecule has 3 aromatic rings. The maximum atomic E-state index is 11.1. The molecule has 0 saturated carbocycles. The topological polar surface area (TPSA) is 46.5 Å². The molecular weight excluding hydrogens is 336 g/mol. The summed E-state index contributed by atoms with van der Waals surface area (Å²) in [6, 6.07) is 20.5. The lowest BCUT2D eigenvalue weighted by molar-refractivity contribution is -0.139. The molecule has 0 amide bonds. The third-order valence-corrected chi connectivity index (χ3v) is 5.31. The average Bonchev–Trinajstić information content (AvgIpc) is 2.61. The van der Waals surface area contributed by atoms with E-state index in [0.29, 0.717) is 13.0 Å². The number of aryl methyl sites for hydroxylation is 2. The van der Waals surface area contributed by atoms with Crippen LogP contribution >= 0.6 is 0 Å². The van der Waals surface area contributed by atoms with Crippen LogP contribution in [-0.4, -0.2) is 11.1 Å². The first-order valence-electron chi connectivity index (χ1n) is 9.17. The number of carboxylic acids is 1. The molecule has 0 bridgehead atoms. The Morgan fingerprint density at radius 3 is 2.48 bits per heavy atom. The van der Waals surface area contributed by atoms with Crippen LogP contribution in [0.1, 0.15) is 33.7 Å². The molecule has 0 heterocycles. The van der Waals surface area contributed by atoms with Gasteiger partial charge in [0.2, 0.25) is 0 Å². The molecule has 0 aromatic heterocycles. The van der Waals surface area contributed by atoms with Crippen molar-refractivity contribution in [1.82, 2.24) is 0 Å². The summed E-state index contributed by atoms with van der Waals surface area (Å²) in [5.41, 5.74) is 8.11. The Labute approximate surface area is 159 Å². The summed E-state index contributed by atoms with van der Waals surface area (Å²) in [6.07, 6.45) is 0.587. The Morgan fingerprint density at radius 2 is 1.78 bits per heavy atom. The highest BCUT2D eigenvalue weighted by molar-refractivity contribution is 5.80. The molecule has 0 spiro atoms. The van der Waals surface area contributed by atoms with Crippen LogP contribution in [0.25, 0.3) is 11.1 Å². The van der Waals surface area contributed by atoms with Gasteiger partial charge in [-0.05, 0) is 77.4 Å². The van der Waals surface area contributed by atoms with Crippen molar-refractivity contribution >= 4 is 5.97 Å². The second-order valence-corrected chi connectivity index (χ2v) is 7.21. The number of ether oxygens (including phenoxy) is 1. The van der Waals surface area contributed by atoms with Crippen molar-refractivity contribution in [1.29, 1.82) is 0 Å². The van der Waals surface area contributed by atoms with E-state index in [2.05, 4.69) is 56.3 Å². The summed E-state index contributed by atoms with van der Waals surface area (Å²) < 4.78 is 5.96. The number of aliphatic carboxylic acids is 1. The van der Waals surface area contributed by atoms with Gasteiger partial charge in [0.25, 0.3) is 0 Å². The van der Waals surface area contributed by atoms with Crippen molar-refractivity contribution in [3.8, 4) is 16.9 Å². The number of benzene rings is 3. The van der Waals surface area contributed by atoms with Gasteiger partial charge in [-0.1, -0.05) is 42.5 Å². The van der Waals surface area contributed by atoms with Crippen molar-refractivity contribution < 1.29 is 14.6 Å². The highest BCUT2D eigenvalue weighted by Gasteiger charge is 2.32. The van der Waals surface area contributed by atoms with Crippen molar-refractivity contribution in [3.05, 3.63) is 88.5 Å². The van der Waals surface area contributed by atoms with Crippen LogP contribution in [0.15, 0.2) is 60.7 Å². The Balaban J connectivity index is 1.50. The molecule has 1 unspecified atom stereocenters. The normalized spacial score (nSPS) is 15.0. The zero-order valence-electron chi connectivity index (χ0n) is 15.5. The van der Waals surface area contributed by atoms with E-state index >= 15 is 0 Å². The second-order valence-electron chi connectivity index (χ2n) is 7.21. The quantitative estimate of drug-likeness (QED) is 0.675. The SMILES string of the molecule is Cc1cccc(C)c1-c1cccc(COc2ccc3c(c2)CC3C(=O)O)c1. The maximum absolute atomic E-state index is 11.1. The van der Waals surface area contributed by atoms with Gasteiger partial charge in [0, 0.05) is 0 Å². The lowest BCUT2D eigenvalue weighted by atomic mass is 9.77. The fourth-order valence-electron chi connectivity index (χ4n) is 3.86. The lowest BCUT2D eigenvalue weighted by Gasteiger charge is -2.27. The smallest absolute Gasteiger partial charge is 0.311 e. The van der Waals surface area contributed by atoms with Gasteiger partial charge in [0.15, 0.2) is 0 Å². The Kier molecular flexibility index (Phi) is 4.44. The van der Waals surface area contributed by atoms with Crippen LogP contribution in [0.2, 0.25) is 0 Å². The van der Waals surface area contributed by atoms with E-state index in [1.54, 1.807) is 0 Å². The summed E-state index contributed by atoms with van der Waals surface area (Å²) >= 11 is 0. The van der Waals surface area contributed by atoms with Gasteiger partial charge in [-0.25, -0.2) is 0 Å². The highest BCUT2D eigenvalue weighted by Crippen LogP contribution is 2.37. The summed E-state index contributed by atoms with van der Waals surface area (Å²) in [7, 11) is 0. The van der Waals surface area contributed by atoms with Crippen LogP contribution in [-0.2, 0) is 17.8 Å². The predicted octanol–water partition coefficient (Wildman–Crippen LogP) is 5.27. The van der Waals surface area contributed by atoms with Crippen LogP contribution < -0.4 is 4.74 Å². The van der Waals surface area contributed by atoms with E-state index in [9.17, 15) is 4.79 Å². The van der Waals surface area contributed by atoms with E-state index in [1.807, 2.05) is 18.2 Å². The first kappa shape index (κ1) is 17.3. The maximum Gasteiger partial charge on any atom is 0.311 e. The molecule has 0 aliphatic heterocycles. The molecule has 1 N–H and O–H groups in total. The van der Waals surface area contributed by atoms with E-state index in [1.165, 1.54) is 22.3 Å². The lowest BCUT2D eigenvalue weighted by Crippen LogP contribution is -2.24. The molecular formula is C24H22O3. The van der Waals surface area contributed by atoms with Crippen molar-refractivity contribution in [2.45, 2.75) is 32.8 Å². The number of rotatable bonds is 5. The van der Waals surface area contributed by atoms with Crippen LogP contribution in [0.5, 0.6) is 5.75 Å². The van der Waals surface area contributed by atoms with Crippen molar-refractivity contribution in [2.24, 2.45) is 0 Å². The third-order valence-electron chi connectivity index (χ3n) is 5.31. The first-order valence-corrected chi connectivity index (χ1v) is 9.17. The van der Waals surface area contributed by atoms with Gasteiger partial charge in [-0.3, -0.25) is 4.79 Å². The van der Waals surface area contributed by atoms with Gasteiger partial charge >= 0.3 is 5.97 Å². The molecule has 27 heavy (non-hydrogen) atoms. The molecule has 3 aromatic carbocycles. The molecule has 1 aliphatic carbocycles. The minimum atomic E-state index is -0.750. The fraction of sp³-hybridized carbons (Fsp3) is 0.208. The van der Waals surface area contributed by atoms with Gasteiger partial charge in [-0.15, -0.1) is 0 Å². The van der Waals surface area contributed by atoms with Crippen molar-refractivity contribution in [2.75, 3.05) is 0 Å². The summed E-state index contributed by atoms with van der Waals surface area (Å²) in [6.45, 7) is 4.76. The largest absolute Gasteiger partial charge is 0.489 e. The summed E-state index contributed by atoms with van der Waals surface area (Å²) in [4.78, 5) is 11.1. The number of hydrogen-bond acceptors (Lipinski definition) is 2. The van der Waals surface area contributed by atoms with Gasteiger partial charge in [-0.2, -0.15) is 0 Å². The Bertz CT molecular complexity index is 1000. The Morgan fingerprint density at radius 1 is 1.04 bits per heavy atom. The molecule has 3 heteroatoms. The monoisotopic (exact) mass is 358 g/mol. The first-order chi connectivity index (χ1) is 13.0. The van der Waals surface area contributed by atoms with Crippen LogP contribution in [0, 0.1) is 13.8 Å². The van der Waals surface area contributed by atoms with Crippen molar-refractivity contribution in [3.63, 3.8) is 0 Å².